The van der Waals surface area contributed by atoms with Crippen LogP contribution in [0.15, 0.2) is 18.2 Å². The van der Waals surface area contributed by atoms with E-state index in [1.165, 1.54) is 24.1 Å². The maximum Gasteiger partial charge on any atom is 0.196 e. The number of phenolic OH excluding ortho intramolecular Hbond substituents is 1. The zero-order valence-electron chi connectivity index (χ0n) is 13.0. The smallest absolute Gasteiger partial charge is 0.196 e. The van der Waals surface area contributed by atoms with E-state index in [2.05, 4.69) is 4.72 Å². The fourth-order valence-corrected chi connectivity index (χ4v) is 3.15. The number of aldehydes is 1. The summed E-state index contributed by atoms with van der Waals surface area (Å²) in [6.07, 6.45) is 2.19. The predicted octanol–water partition coefficient (Wildman–Crippen LogP) is -0.0728. The molecule has 0 bridgehead atoms. The van der Waals surface area contributed by atoms with Crippen molar-refractivity contribution >= 4 is 34.7 Å². The Morgan fingerprint density at radius 3 is 2.88 bits per heavy atom. The monoisotopic (exact) mass is 355 g/mol. The Balaban J connectivity index is 2.46. The zero-order valence-corrected chi connectivity index (χ0v) is 13.8. The van der Waals surface area contributed by atoms with Crippen molar-refractivity contribution in [2.24, 2.45) is 5.73 Å². The molecule has 10 heteroatoms. The van der Waals surface area contributed by atoms with Gasteiger partial charge in [0.25, 0.3) is 0 Å². The molecule has 0 aliphatic carbocycles. The molecule has 0 spiro atoms. The molecule has 0 amide bonds. The highest BCUT2D eigenvalue weighted by molar-refractivity contribution is 7.84. The van der Waals surface area contributed by atoms with Gasteiger partial charge in [0.1, 0.15) is 17.7 Å². The number of nitrogens with zero attached hydrogens (tertiary/aromatic N) is 2. The molecule has 0 radical (unpaired) electrons. The molecule has 24 heavy (non-hydrogen) atoms. The van der Waals surface area contributed by atoms with Crippen LogP contribution >= 0.6 is 0 Å². The number of guanidine groups is 1. The quantitative estimate of drug-likeness (QED) is 0.323. The van der Waals surface area contributed by atoms with Crippen molar-refractivity contribution in [2.75, 3.05) is 31.0 Å². The standard InChI is InChI=1S/C14H18FN5O3S/c1-18-24(23)20(6-7-21)13-11(22)3-2-10(12(13)15)9-4-5-19(8-9)14(16)17/h2-4,7,18,22H,5-6,8H2,1H3,(H3,16,17). The van der Waals surface area contributed by atoms with Crippen LogP contribution in [0.2, 0.25) is 0 Å². The first-order valence-electron chi connectivity index (χ1n) is 7.01. The molecular formula is C14H18FN5O3S. The number of aromatic hydroxyl groups is 1. The number of anilines is 1. The summed E-state index contributed by atoms with van der Waals surface area (Å²) in [4.78, 5) is 12.4. The third kappa shape index (κ3) is 3.39. The van der Waals surface area contributed by atoms with Gasteiger partial charge in [0.2, 0.25) is 0 Å². The molecule has 1 aromatic carbocycles. The average Bonchev–Trinajstić information content (AvgIpc) is 3.03. The Morgan fingerprint density at radius 2 is 2.33 bits per heavy atom. The maximum absolute atomic E-state index is 15.0. The van der Waals surface area contributed by atoms with E-state index in [4.69, 9.17) is 11.1 Å². The van der Waals surface area contributed by atoms with Crippen LogP contribution in [-0.4, -0.2) is 53.1 Å². The number of rotatable bonds is 6. The van der Waals surface area contributed by atoms with E-state index in [0.29, 0.717) is 18.4 Å². The minimum Gasteiger partial charge on any atom is -0.506 e. The lowest BCUT2D eigenvalue weighted by Gasteiger charge is -2.23. The molecular weight excluding hydrogens is 337 g/mol. The van der Waals surface area contributed by atoms with Crippen molar-refractivity contribution in [3.8, 4) is 5.75 Å². The molecule has 0 saturated carbocycles. The van der Waals surface area contributed by atoms with E-state index in [-0.39, 0.29) is 30.3 Å². The Labute approximate surface area is 141 Å². The van der Waals surface area contributed by atoms with E-state index in [1.807, 2.05) is 0 Å². The fourth-order valence-electron chi connectivity index (χ4n) is 2.39. The number of carbonyl (C=O) groups excluding carboxylic acids is 1. The van der Waals surface area contributed by atoms with Gasteiger partial charge >= 0.3 is 0 Å². The summed E-state index contributed by atoms with van der Waals surface area (Å²) in [5, 5.41) is 17.4. The largest absolute Gasteiger partial charge is 0.506 e. The number of hydrogen-bond donors (Lipinski definition) is 4. The van der Waals surface area contributed by atoms with Crippen molar-refractivity contribution < 1.29 is 18.5 Å². The van der Waals surface area contributed by atoms with Gasteiger partial charge in [-0.15, -0.1) is 0 Å². The number of nitrogens with two attached hydrogens (primary N) is 1. The molecule has 8 nitrogen and oxygen atoms in total. The zero-order chi connectivity index (χ0) is 17.9. The van der Waals surface area contributed by atoms with E-state index >= 15 is 0 Å². The van der Waals surface area contributed by atoms with Gasteiger partial charge in [-0.3, -0.25) is 9.71 Å². The minimum atomic E-state index is -1.89. The maximum atomic E-state index is 15.0. The highest BCUT2D eigenvalue weighted by Crippen LogP contribution is 2.36. The summed E-state index contributed by atoms with van der Waals surface area (Å²) in [6, 6.07) is 2.67. The normalized spacial score (nSPS) is 15.1. The van der Waals surface area contributed by atoms with Crippen LogP contribution in [0, 0.1) is 11.2 Å². The van der Waals surface area contributed by atoms with Crippen molar-refractivity contribution in [1.29, 1.82) is 5.41 Å². The van der Waals surface area contributed by atoms with Crippen molar-refractivity contribution in [3.63, 3.8) is 0 Å². The number of hydrogen-bond acceptors (Lipinski definition) is 4. The molecule has 130 valence electrons. The van der Waals surface area contributed by atoms with Gasteiger partial charge in [-0.25, -0.2) is 13.3 Å². The van der Waals surface area contributed by atoms with E-state index in [9.17, 15) is 18.5 Å². The van der Waals surface area contributed by atoms with Crippen LogP contribution in [0.3, 0.4) is 0 Å². The molecule has 1 aliphatic rings. The summed E-state index contributed by atoms with van der Waals surface area (Å²) in [6.45, 7) is 0.264. The van der Waals surface area contributed by atoms with Crippen LogP contribution in [0.25, 0.3) is 5.57 Å². The second-order valence-corrected chi connectivity index (χ2v) is 6.32. The van der Waals surface area contributed by atoms with Crippen LogP contribution < -0.4 is 14.8 Å². The Hall–Kier alpha value is -2.46. The predicted molar refractivity (Wildman–Crippen MR) is 90.1 cm³/mol. The third-order valence-corrected chi connectivity index (χ3v) is 4.65. The Bertz CT molecular complexity index is 725. The lowest BCUT2D eigenvalue weighted by molar-refractivity contribution is -0.106. The van der Waals surface area contributed by atoms with Crippen LogP contribution in [-0.2, 0) is 16.0 Å². The second-order valence-electron chi connectivity index (χ2n) is 4.97. The third-order valence-electron chi connectivity index (χ3n) is 3.57. The lowest BCUT2D eigenvalue weighted by atomic mass is 10.0. The first-order valence-corrected chi connectivity index (χ1v) is 8.11. The molecule has 5 N–H and O–H groups in total. The van der Waals surface area contributed by atoms with Gasteiger partial charge in [-0.05, 0) is 24.8 Å². The number of nitrogens with one attached hydrogen (secondary N) is 2. The highest BCUT2D eigenvalue weighted by Gasteiger charge is 2.26. The second kappa shape index (κ2) is 7.41. The average molecular weight is 355 g/mol. The SMILES string of the molecule is CNS(=O)N(CC=O)c1c(O)ccc(C2=CCN(C(=N)N)C2)c1F. The summed E-state index contributed by atoms with van der Waals surface area (Å²) in [5.41, 5.74) is 5.88. The van der Waals surface area contributed by atoms with Gasteiger partial charge < -0.3 is 20.5 Å². The van der Waals surface area contributed by atoms with Crippen LogP contribution in [0.4, 0.5) is 10.1 Å². The van der Waals surface area contributed by atoms with E-state index < -0.39 is 22.7 Å². The summed E-state index contributed by atoms with van der Waals surface area (Å²) >= 11 is -1.89. The minimum absolute atomic E-state index is 0.125. The first kappa shape index (κ1) is 17.9. The molecule has 1 aliphatic heterocycles. The van der Waals surface area contributed by atoms with Gasteiger partial charge in [-0.1, -0.05) is 6.08 Å². The van der Waals surface area contributed by atoms with Crippen molar-refractivity contribution in [2.45, 2.75) is 0 Å². The molecule has 0 aromatic heterocycles. The number of carbonyl (C=O) groups is 1. The summed E-state index contributed by atoms with van der Waals surface area (Å²) < 4.78 is 30.3. The Kier molecular flexibility index (Phi) is 5.52. The number of phenols is 1. The summed E-state index contributed by atoms with van der Waals surface area (Å²) in [5.74, 6) is -1.35. The highest BCUT2D eigenvalue weighted by atomic mass is 32.2. The molecule has 1 aromatic rings. The van der Waals surface area contributed by atoms with Gasteiger partial charge in [-0.2, -0.15) is 0 Å². The lowest BCUT2D eigenvalue weighted by Crippen LogP contribution is -2.35. The number of halogens is 1. The summed E-state index contributed by atoms with van der Waals surface area (Å²) in [7, 11) is 1.39. The number of benzene rings is 1. The molecule has 0 saturated heterocycles. The molecule has 1 unspecified atom stereocenters. The molecule has 1 heterocycles. The first-order chi connectivity index (χ1) is 11.4. The van der Waals surface area contributed by atoms with Crippen LogP contribution in [0.5, 0.6) is 5.75 Å². The molecule has 1 atom stereocenters. The van der Waals surface area contributed by atoms with E-state index in [1.54, 1.807) is 6.08 Å². The van der Waals surface area contributed by atoms with Crippen LogP contribution in [0.1, 0.15) is 5.56 Å². The fraction of sp³-hybridized carbons (Fsp3) is 0.286. The Morgan fingerprint density at radius 1 is 1.62 bits per heavy atom. The van der Waals surface area contributed by atoms with E-state index in [0.717, 1.165) is 4.31 Å². The van der Waals surface area contributed by atoms with Crippen molar-refractivity contribution in [1.82, 2.24) is 9.62 Å². The molecule has 2 rings (SSSR count). The van der Waals surface area contributed by atoms with Gasteiger partial charge in [0.15, 0.2) is 22.9 Å². The molecule has 0 fully saturated rings. The van der Waals surface area contributed by atoms with Crippen molar-refractivity contribution in [3.05, 3.63) is 29.6 Å². The van der Waals surface area contributed by atoms with Gasteiger partial charge in [0.05, 0.1) is 6.54 Å². The topological polar surface area (TPSA) is 123 Å². The van der Waals surface area contributed by atoms with Gasteiger partial charge in [0, 0.05) is 18.7 Å².